The first-order chi connectivity index (χ1) is 9.49. The average Bonchev–Trinajstić information content (AvgIpc) is 2.41. The molecule has 2 aromatic carbocycles. The van der Waals surface area contributed by atoms with Crippen LogP contribution in [0.3, 0.4) is 0 Å². The van der Waals surface area contributed by atoms with Gasteiger partial charge < -0.3 is 10.4 Å². The van der Waals surface area contributed by atoms with Crippen LogP contribution in [0.2, 0.25) is 0 Å². The molecule has 0 amide bonds. The van der Waals surface area contributed by atoms with Crippen molar-refractivity contribution < 1.29 is 14.8 Å². The average molecular weight is 272 g/mol. The highest BCUT2D eigenvalue weighted by Gasteiger charge is 2.15. The number of aromatic carboxylic acids is 1. The molecule has 0 bridgehead atoms. The minimum atomic E-state index is -1.05. The second-order valence-corrected chi connectivity index (χ2v) is 4.24. The first-order valence-corrected chi connectivity index (χ1v) is 5.83. The van der Waals surface area contributed by atoms with Crippen molar-refractivity contribution in [3.8, 4) is 0 Å². The quantitative estimate of drug-likeness (QED) is 0.657. The van der Waals surface area contributed by atoms with Crippen molar-refractivity contribution in [3.63, 3.8) is 0 Å². The van der Waals surface area contributed by atoms with Crippen LogP contribution in [0.5, 0.6) is 0 Å². The minimum absolute atomic E-state index is 0.0503. The predicted octanol–water partition coefficient (Wildman–Crippen LogP) is 3.35. The van der Waals surface area contributed by atoms with E-state index in [4.69, 9.17) is 5.11 Å². The Balaban J connectivity index is 2.42. The SMILES string of the molecule is Cc1cccc([N+](=O)[O-])c1Nc1cccc(C(=O)O)c1. The maximum absolute atomic E-state index is 11.0. The summed E-state index contributed by atoms with van der Waals surface area (Å²) in [5.74, 6) is -1.05. The fraction of sp³-hybridized carbons (Fsp3) is 0.0714. The van der Waals surface area contributed by atoms with Crippen molar-refractivity contribution in [2.45, 2.75) is 6.92 Å². The molecular formula is C14H12N2O4. The summed E-state index contributed by atoms with van der Waals surface area (Å²) < 4.78 is 0. The van der Waals surface area contributed by atoms with Crippen LogP contribution < -0.4 is 5.32 Å². The van der Waals surface area contributed by atoms with Gasteiger partial charge in [-0.05, 0) is 30.7 Å². The molecule has 2 aromatic rings. The Labute approximate surface area is 114 Å². The number of rotatable bonds is 4. The number of hydrogen-bond acceptors (Lipinski definition) is 4. The summed E-state index contributed by atoms with van der Waals surface area (Å²) >= 11 is 0. The molecule has 0 aliphatic carbocycles. The first-order valence-electron chi connectivity index (χ1n) is 5.83. The molecule has 0 unspecified atom stereocenters. The van der Waals surface area contributed by atoms with E-state index in [0.717, 1.165) is 0 Å². The molecule has 0 aliphatic rings. The third-order valence-electron chi connectivity index (χ3n) is 2.83. The van der Waals surface area contributed by atoms with Crippen LogP contribution in [0.4, 0.5) is 17.1 Å². The molecule has 0 spiro atoms. The van der Waals surface area contributed by atoms with E-state index in [9.17, 15) is 14.9 Å². The zero-order valence-electron chi connectivity index (χ0n) is 10.7. The van der Waals surface area contributed by atoms with Crippen LogP contribution in [-0.4, -0.2) is 16.0 Å². The molecule has 0 saturated carbocycles. The molecule has 0 atom stereocenters. The number of benzene rings is 2. The number of carboxylic acids is 1. The predicted molar refractivity (Wildman–Crippen MR) is 74.5 cm³/mol. The molecule has 0 radical (unpaired) electrons. The third-order valence-corrected chi connectivity index (χ3v) is 2.83. The van der Waals surface area contributed by atoms with Gasteiger partial charge in [-0.3, -0.25) is 10.1 Å². The summed E-state index contributed by atoms with van der Waals surface area (Å²) in [6, 6.07) is 10.9. The van der Waals surface area contributed by atoms with Crippen molar-refractivity contribution >= 4 is 23.0 Å². The van der Waals surface area contributed by atoms with Crippen LogP contribution in [0, 0.1) is 17.0 Å². The van der Waals surface area contributed by atoms with Gasteiger partial charge in [0.2, 0.25) is 0 Å². The van der Waals surface area contributed by atoms with E-state index >= 15 is 0 Å². The van der Waals surface area contributed by atoms with Crippen molar-refractivity contribution in [1.82, 2.24) is 0 Å². The summed E-state index contributed by atoms with van der Waals surface area (Å²) in [6.07, 6.45) is 0. The summed E-state index contributed by atoms with van der Waals surface area (Å²) in [6.45, 7) is 1.75. The number of carboxylic acid groups (broad SMARTS) is 1. The molecule has 102 valence electrons. The second kappa shape index (κ2) is 5.40. The Bertz CT molecular complexity index is 683. The Kier molecular flexibility index (Phi) is 3.65. The zero-order valence-corrected chi connectivity index (χ0v) is 10.7. The van der Waals surface area contributed by atoms with Gasteiger partial charge in [-0.2, -0.15) is 0 Å². The second-order valence-electron chi connectivity index (χ2n) is 4.24. The molecule has 6 nitrogen and oxygen atoms in total. The minimum Gasteiger partial charge on any atom is -0.478 e. The zero-order chi connectivity index (χ0) is 14.7. The van der Waals surface area contributed by atoms with E-state index in [0.29, 0.717) is 16.9 Å². The molecule has 0 saturated heterocycles. The molecule has 20 heavy (non-hydrogen) atoms. The largest absolute Gasteiger partial charge is 0.478 e. The fourth-order valence-corrected chi connectivity index (χ4v) is 1.84. The topological polar surface area (TPSA) is 92.5 Å². The molecule has 6 heteroatoms. The van der Waals surface area contributed by atoms with Crippen molar-refractivity contribution in [1.29, 1.82) is 0 Å². The summed E-state index contributed by atoms with van der Waals surface area (Å²) in [7, 11) is 0. The Hall–Kier alpha value is -2.89. The third kappa shape index (κ3) is 2.74. The van der Waals surface area contributed by atoms with Crippen LogP contribution in [-0.2, 0) is 0 Å². The van der Waals surface area contributed by atoms with Gasteiger partial charge in [-0.15, -0.1) is 0 Å². The number of nitro groups is 1. The van der Waals surface area contributed by atoms with E-state index in [1.165, 1.54) is 18.2 Å². The molecule has 0 aliphatic heterocycles. The Morgan fingerprint density at radius 2 is 1.95 bits per heavy atom. The van der Waals surface area contributed by atoms with Gasteiger partial charge in [-0.1, -0.05) is 18.2 Å². The number of para-hydroxylation sites is 1. The van der Waals surface area contributed by atoms with Gasteiger partial charge in [0, 0.05) is 11.8 Å². The van der Waals surface area contributed by atoms with E-state index in [-0.39, 0.29) is 11.3 Å². The summed E-state index contributed by atoms with van der Waals surface area (Å²) in [5, 5.41) is 22.9. The number of nitro benzene ring substituents is 1. The standard InChI is InChI=1S/C14H12N2O4/c1-9-4-2-7-12(16(19)20)13(9)15-11-6-3-5-10(8-11)14(17)18/h2-8,15H,1H3,(H,17,18). The first kappa shape index (κ1) is 13.5. The maximum Gasteiger partial charge on any atom is 0.335 e. The van der Waals surface area contributed by atoms with Crippen molar-refractivity contribution in [2.75, 3.05) is 5.32 Å². The van der Waals surface area contributed by atoms with Gasteiger partial charge in [0.05, 0.1) is 10.5 Å². The lowest BCUT2D eigenvalue weighted by molar-refractivity contribution is -0.384. The number of anilines is 2. The monoisotopic (exact) mass is 272 g/mol. The lowest BCUT2D eigenvalue weighted by atomic mass is 10.1. The van der Waals surface area contributed by atoms with Crippen LogP contribution in [0.15, 0.2) is 42.5 Å². The van der Waals surface area contributed by atoms with E-state index in [1.807, 2.05) is 0 Å². The highest BCUT2D eigenvalue weighted by atomic mass is 16.6. The van der Waals surface area contributed by atoms with Crippen molar-refractivity contribution in [3.05, 3.63) is 63.7 Å². The summed E-state index contributed by atoms with van der Waals surface area (Å²) in [4.78, 5) is 21.4. The number of aryl methyl sites for hydroxylation is 1. The number of hydrogen-bond donors (Lipinski definition) is 2. The summed E-state index contributed by atoms with van der Waals surface area (Å²) in [5.41, 5.74) is 1.62. The van der Waals surface area contributed by atoms with Crippen molar-refractivity contribution in [2.24, 2.45) is 0 Å². The van der Waals surface area contributed by atoms with E-state index in [1.54, 1.807) is 31.2 Å². The number of carbonyl (C=O) groups is 1. The fourth-order valence-electron chi connectivity index (χ4n) is 1.84. The maximum atomic E-state index is 11.0. The van der Waals surface area contributed by atoms with Crippen LogP contribution in [0.1, 0.15) is 15.9 Å². The van der Waals surface area contributed by atoms with Crippen LogP contribution >= 0.6 is 0 Å². The number of nitrogens with one attached hydrogen (secondary N) is 1. The number of nitrogens with zero attached hydrogens (tertiary/aromatic N) is 1. The van der Waals surface area contributed by atoms with Crippen LogP contribution in [0.25, 0.3) is 0 Å². The highest BCUT2D eigenvalue weighted by molar-refractivity contribution is 5.89. The van der Waals surface area contributed by atoms with Gasteiger partial charge in [0.15, 0.2) is 0 Å². The molecule has 0 heterocycles. The normalized spacial score (nSPS) is 10.1. The highest BCUT2D eigenvalue weighted by Crippen LogP contribution is 2.30. The lowest BCUT2D eigenvalue weighted by Crippen LogP contribution is -2.01. The van der Waals surface area contributed by atoms with E-state index in [2.05, 4.69) is 5.32 Å². The smallest absolute Gasteiger partial charge is 0.335 e. The van der Waals surface area contributed by atoms with Gasteiger partial charge in [0.1, 0.15) is 5.69 Å². The van der Waals surface area contributed by atoms with E-state index < -0.39 is 10.9 Å². The van der Waals surface area contributed by atoms with Gasteiger partial charge in [0.25, 0.3) is 5.69 Å². The Morgan fingerprint density at radius 1 is 1.25 bits per heavy atom. The molecule has 2 N–H and O–H groups in total. The molecule has 0 aromatic heterocycles. The molecule has 0 fully saturated rings. The molecular weight excluding hydrogens is 260 g/mol. The lowest BCUT2D eigenvalue weighted by Gasteiger charge is -2.10. The molecule has 2 rings (SSSR count). The van der Waals surface area contributed by atoms with Gasteiger partial charge in [-0.25, -0.2) is 4.79 Å². The Morgan fingerprint density at radius 3 is 2.60 bits per heavy atom. The van der Waals surface area contributed by atoms with Gasteiger partial charge >= 0.3 is 5.97 Å².